The van der Waals surface area contributed by atoms with Gasteiger partial charge in [-0.15, -0.1) is 0 Å². The van der Waals surface area contributed by atoms with Gasteiger partial charge in [0, 0.05) is 36.6 Å². The van der Waals surface area contributed by atoms with Crippen LogP contribution in [-0.2, 0) is 27.2 Å². The second kappa shape index (κ2) is 13.8. The number of likely N-dealkylation sites (N-methyl/N-ethyl adjacent to an activating group) is 1. The highest BCUT2D eigenvalue weighted by molar-refractivity contribution is 6.07. The molecule has 1 saturated carbocycles. The number of fused-ring (bicyclic) bond motifs is 2. The van der Waals surface area contributed by atoms with Crippen LogP contribution in [0, 0.1) is 5.92 Å². The van der Waals surface area contributed by atoms with E-state index < -0.39 is 17.9 Å². The minimum absolute atomic E-state index is 0.0592. The highest BCUT2D eigenvalue weighted by atomic mass is 16.2. The van der Waals surface area contributed by atoms with E-state index in [1.165, 1.54) is 7.05 Å². The van der Waals surface area contributed by atoms with E-state index in [0.29, 0.717) is 18.4 Å². The fourth-order valence-electron chi connectivity index (χ4n) is 6.45. The summed E-state index contributed by atoms with van der Waals surface area (Å²) in [4.78, 5) is 58.7. The number of carbonyl (C=O) groups excluding carboxylic acids is 4. The largest absolute Gasteiger partial charge is 0.360 e. The third kappa shape index (κ3) is 6.86. The molecule has 0 unspecified atom stereocenters. The molecular weight excluding hydrogens is 576 g/mol. The predicted molar refractivity (Wildman–Crippen MR) is 179 cm³/mol. The number of aromatic amines is 1. The lowest BCUT2D eigenvalue weighted by atomic mass is 9.83. The molecule has 4 aromatic carbocycles. The van der Waals surface area contributed by atoms with Crippen LogP contribution >= 0.6 is 0 Å². The van der Waals surface area contributed by atoms with E-state index in [2.05, 4.69) is 15.6 Å². The Bertz CT molecular complexity index is 1880. The molecule has 3 atom stereocenters. The van der Waals surface area contributed by atoms with Gasteiger partial charge in [-0.25, -0.2) is 0 Å². The average Bonchev–Trinajstić information content (AvgIpc) is 3.52. The standard InChI is InChI=1S/C38H38N4O4/c1-42(35(43)23-26-19-20-27-13-5-6-14-28(27)21-26)38(46)34(22-25-11-3-2-4-12-25)41-36(44)30-16-8-10-18-33(30)40-37(45)31-24-39-32-17-9-7-15-29(31)32/h2-7,9,11-15,17,19-21,24,30,33-34,39H,8,10,16,18,22-23H2,1H3,(H,40,45)(H,41,44)/t30-,33+,34+/m1/s1. The Morgan fingerprint density at radius 2 is 1.54 bits per heavy atom. The maximum atomic E-state index is 13.9. The van der Waals surface area contributed by atoms with Crippen LogP contribution in [0.3, 0.4) is 0 Å². The minimum Gasteiger partial charge on any atom is -0.360 e. The van der Waals surface area contributed by atoms with Gasteiger partial charge in [-0.1, -0.05) is 104 Å². The molecule has 8 heteroatoms. The number of imide groups is 1. The SMILES string of the molecule is CN(C(=O)Cc1ccc2ccccc2c1)C(=O)[C@H](Cc1ccccc1)NC(=O)[C@@H]1CCCC[C@@H]1NC(=O)c1c[nH]c2ccccc12. The van der Waals surface area contributed by atoms with Gasteiger partial charge < -0.3 is 15.6 Å². The molecule has 1 fully saturated rings. The van der Waals surface area contributed by atoms with Crippen molar-refractivity contribution in [1.29, 1.82) is 0 Å². The number of para-hydroxylation sites is 1. The van der Waals surface area contributed by atoms with E-state index in [1.807, 2.05) is 97.1 Å². The first-order valence-corrected chi connectivity index (χ1v) is 15.9. The molecular formula is C38H38N4O4. The molecule has 0 bridgehead atoms. The van der Waals surface area contributed by atoms with Crippen LogP contribution in [-0.4, -0.2) is 52.6 Å². The van der Waals surface area contributed by atoms with Gasteiger partial charge in [0.1, 0.15) is 6.04 Å². The van der Waals surface area contributed by atoms with Crippen molar-refractivity contribution in [2.75, 3.05) is 7.05 Å². The number of benzene rings is 4. The number of carbonyl (C=O) groups is 4. The minimum atomic E-state index is -0.952. The van der Waals surface area contributed by atoms with E-state index >= 15 is 0 Å². The molecule has 46 heavy (non-hydrogen) atoms. The number of hydrogen-bond donors (Lipinski definition) is 3. The number of nitrogens with zero attached hydrogens (tertiary/aromatic N) is 1. The summed E-state index contributed by atoms with van der Waals surface area (Å²) in [7, 11) is 1.47. The molecule has 3 N–H and O–H groups in total. The van der Waals surface area contributed by atoms with Crippen molar-refractivity contribution in [3.05, 3.63) is 120 Å². The molecule has 0 saturated heterocycles. The lowest BCUT2D eigenvalue weighted by Crippen LogP contribution is -2.55. The highest BCUT2D eigenvalue weighted by Crippen LogP contribution is 2.27. The van der Waals surface area contributed by atoms with E-state index in [4.69, 9.17) is 0 Å². The van der Waals surface area contributed by atoms with Gasteiger partial charge in [-0.05, 0) is 40.8 Å². The summed E-state index contributed by atoms with van der Waals surface area (Å²) in [5.74, 6) is -1.87. The summed E-state index contributed by atoms with van der Waals surface area (Å²) in [6, 6.07) is 29.5. The third-order valence-electron chi connectivity index (χ3n) is 9.02. The molecule has 0 aliphatic heterocycles. The van der Waals surface area contributed by atoms with Gasteiger partial charge in [0.25, 0.3) is 11.8 Å². The first kappa shape index (κ1) is 30.8. The number of rotatable bonds is 9. The number of H-pyrrole nitrogens is 1. The normalized spacial score (nSPS) is 16.9. The Balaban J connectivity index is 1.17. The quantitative estimate of drug-likeness (QED) is 0.202. The van der Waals surface area contributed by atoms with Crippen LogP contribution in [0.1, 0.15) is 47.2 Å². The van der Waals surface area contributed by atoms with Crippen molar-refractivity contribution >= 4 is 45.3 Å². The van der Waals surface area contributed by atoms with Crippen molar-refractivity contribution in [3.8, 4) is 0 Å². The maximum absolute atomic E-state index is 13.9. The van der Waals surface area contributed by atoms with Crippen molar-refractivity contribution in [1.82, 2.24) is 20.5 Å². The van der Waals surface area contributed by atoms with Crippen LogP contribution in [0.15, 0.2) is 103 Å². The smallest absolute Gasteiger partial charge is 0.253 e. The second-order valence-electron chi connectivity index (χ2n) is 12.1. The number of nitrogens with one attached hydrogen (secondary N) is 3. The van der Waals surface area contributed by atoms with E-state index in [0.717, 1.165) is 50.5 Å². The Morgan fingerprint density at radius 1 is 0.826 bits per heavy atom. The highest BCUT2D eigenvalue weighted by Gasteiger charge is 2.36. The molecule has 5 aromatic rings. The van der Waals surface area contributed by atoms with E-state index in [1.54, 1.807) is 6.20 Å². The zero-order chi connectivity index (χ0) is 32.0. The summed E-state index contributed by atoms with van der Waals surface area (Å²) < 4.78 is 0. The molecule has 8 nitrogen and oxygen atoms in total. The molecule has 1 aliphatic rings. The molecule has 234 valence electrons. The van der Waals surface area contributed by atoms with Crippen molar-refractivity contribution in [2.45, 2.75) is 50.6 Å². The lowest BCUT2D eigenvalue weighted by molar-refractivity contribution is -0.146. The lowest BCUT2D eigenvalue weighted by Gasteiger charge is -2.33. The van der Waals surface area contributed by atoms with E-state index in [9.17, 15) is 19.2 Å². The van der Waals surface area contributed by atoms with E-state index in [-0.39, 0.29) is 36.6 Å². The second-order valence-corrected chi connectivity index (χ2v) is 12.1. The van der Waals surface area contributed by atoms with Crippen molar-refractivity contribution in [2.24, 2.45) is 5.92 Å². The fourth-order valence-corrected chi connectivity index (χ4v) is 6.45. The van der Waals surface area contributed by atoms with Gasteiger partial charge in [0.05, 0.1) is 17.9 Å². The Morgan fingerprint density at radius 3 is 2.37 bits per heavy atom. The molecule has 1 heterocycles. The van der Waals surface area contributed by atoms with Crippen molar-refractivity contribution in [3.63, 3.8) is 0 Å². The number of hydrogen-bond acceptors (Lipinski definition) is 4. The Labute approximate surface area is 268 Å². The van der Waals surface area contributed by atoms with Crippen LogP contribution < -0.4 is 10.6 Å². The fraction of sp³-hybridized carbons (Fsp3) is 0.263. The predicted octanol–water partition coefficient (Wildman–Crippen LogP) is 5.56. The van der Waals surface area contributed by atoms with Gasteiger partial charge in [0.2, 0.25) is 11.8 Å². The summed E-state index contributed by atoms with van der Waals surface area (Å²) in [5.41, 5.74) is 3.07. The molecule has 1 aromatic heterocycles. The Kier molecular flexibility index (Phi) is 9.24. The van der Waals surface area contributed by atoms with Crippen LogP contribution in [0.2, 0.25) is 0 Å². The van der Waals surface area contributed by atoms with Gasteiger partial charge >= 0.3 is 0 Å². The van der Waals surface area contributed by atoms with Gasteiger partial charge in [0.15, 0.2) is 0 Å². The number of aromatic nitrogens is 1. The summed E-state index contributed by atoms with van der Waals surface area (Å²) >= 11 is 0. The summed E-state index contributed by atoms with van der Waals surface area (Å²) in [5, 5.41) is 9.02. The van der Waals surface area contributed by atoms with Crippen molar-refractivity contribution < 1.29 is 19.2 Å². The number of amides is 4. The van der Waals surface area contributed by atoms with Crippen LogP contribution in [0.5, 0.6) is 0 Å². The maximum Gasteiger partial charge on any atom is 0.253 e. The monoisotopic (exact) mass is 614 g/mol. The molecule has 0 spiro atoms. The third-order valence-corrected chi connectivity index (χ3v) is 9.02. The zero-order valence-electron chi connectivity index (χ0n) is 25.9. The van der Waals surface area contributed by atoms with Gasteiger partial charge in [-0.2, -0.15) is 0 Å². The molecule has 6 rings (SSSR count). The average molecular weight is 615 g/mol. The molecule has 0 radical (unpaired) electrons. The summed E-state index contributed by atoms with van der Waals surface area (Å²) in [6.45, 7) is 0. The summed E-state index contributed by atoms with van der Waals surface area (Å²) in [6.07, 6.45) is 4.97. The molecule has 4 amide bonds. The van der Waals surface area contributed by atoms with Gasteiger partial charge in [-0.3, -0.25) is 24.1 Å². The first-order valence-electron chi connectivity index (χ1n) is 15.9. The topological polar surface area (TPSA) is 111 Å². The Hall–Kier alpha value is -5.24. The molecule has 1 aliphatic carbocycles. The zero-order valence-corrected chi connectivity index (χ0v) is 25.9. The van der Waals surface area contributed by atoms with Crippen LogP contribution in [0.25, 0.3) is 21.7 Å². The first-order chi connectivity index (χ1) is 22.4. The van der Waals surface area contributed by atoms with Crippen LogP contribution in [0.4, 0.5) is 0 Å².